The number of carbonyl (C=O) groups is 1. The number of nitrogens with zero attached hydrogens (tertiary/aromatic N) is 1. The molecule has 2 unspecified atom stereocenters. The molecular weight excluding hydrogens is 254 g/mol. The van der Waals surface area contributed by atoms with Gasteiger partial charge in [0.2, 0.25) is 0 Å². The number of hydrogen-bond donors (Lipinski definition) is 0. The standard InChI is InChI=1S/C16H19NO3/c18-16(17-12-2-1-3-13(17)6-5-12)11-4-7-14-15(10-11)20-9-8-19-14/h4,7,10,12-13H,1-3,5-6,8-9H2. The van der Waals surface area contributed by atoms with Crippen molar-refractivity contribution in [2.24, 2.45) is 0 Å². The molecule has 4 nitrogen and oxygen atoms in total. The van der Waals surface area contributed by atoms with E-state index >= 15 is 0 Å². The summed E-state index contributed by atoms with van der Waals surface area (Å²) < 4.78 is 11.1. The molecule has 1 amide bonds. The lowest BCUT2D eigenvalue weighted by Gasteiger charge is -2.35. The van der Waals surface area contributed by atoms with Crippen LogP contribution in [0.15, 0.2) is 18.2 Å². The third-order valence-electron chi connectivity index (χ3n) is 4.72. The maximum Gasteiger partial charge on any atom is 0.254 e. The number of amides is 1. The molecule has 0 aromatic heterocycles. The predicted octanol–water partition coefficient (Wildman–Crippen LogP) is 2.61. The van der Waals surface area contributed by atoms with Crippen molar-refractivity contribution in [2.45, 2.75) is 44.2 Å². The molecule has 0 N–H and O–H groups in total. The molecule has 20 heavy (non-hydrogen) atoms. The zero-order valence-corrected chi connectivity index (χ0v) is 11.5. The topological polar surface area (TPSA) is 38.8 Å². The SMILES string of the molecule is O=C(c1ccc2c(c1)OCCO2)N1C2CCCC1CC2. The average Bonchev–Trinajstić information content (AvgIpc) is 2.75. The molecule has 0 spiro atoms. The van der Waals surface area contributed by atoms with E-state index < -0.39 is 0 Å². The van der Waals surface area contributed by atoms with Crippen molar-refractivity contribution in [3.63, 3.8) is 0 Å². The summed E-state index contributed by atoms with van der Waals surface area (Å²) in [6.07, 6.45) is 5.92. The summed E-state index contributed by atoms with van der Waals surface area (Å²) >= 11 is 0. The molecule has 3 heterocycles. The summed E-state index contributed by atoms with van der Waals surface area (Å²) in [5.74, 6) is 1.61. The van der Waals surface area contributed by atoms with E-state index in [1.54, 1.807) is 0 Å². The van der Waals surface area contributed by atoms with E-state index in [0.29, 0.717) is 31.0 Å². The highest BCUT2D eigenvalue weighted by atomic mass is 16.6. The fourth-order valence-electron chi connectivity index (χ4n) is 3.77. The molecule has 0 aliphatic carbocycles. The van der Waals surface area contributed by atoms with Crippen LogP contribution in [-0.2, 0) is 0 Å². The van der Waals surface area contributed by atoms with Gasteiger partial charge >= 0.3 is 0 Å². The zero-order chi connectivity index (χ0) is 13.5. The molecule has 4 rings (SSSR count). The minimum Gasteiger partial charge on any atom is -0.486 e. The van der Waals surface area contributed by atoms with Gasteiger partial charge in [-0.3, -0.25) is 4.79 Å². The van der Waals surface area contributed by atoms with Gasteiger partial charge in [0.15, 0.2) is 11.5 Å². The molecule has 2 atom stereocenters. The largest absolute Gasteiger partial charge is 0.486 e. The molecule has 106 valence electrons. The zero-order valence-electron chi connectivity index (χ0n) is 11.5. The van der Waals surface area contributed by atoms with Crippen LogP contribution in [0.1, 0.15) is 42.5 Å². The molecule has 0 saturated carbocycles. The molecule has 3 aliphatic rings. The van der Waals surface area contributed by atoms with Gasteiger partial charge in [0.05, 0.1) is 0 Å². The third kappa shape index (κ3) is 1.86. The fraction of sp³-hybridized carbons (Fsp3) is 0.562. The highest BCUT2D eigenvalue weighted by Crippen LogP contribution is 2.38. The van der Waals surface area contributed by atoms with E-state index in [0.717, 1.165) is 24.2 Å². The first-order valence-electron chi connectivity index (χ1n) is 7.55. The number of rotatable bonds is 1. The van der Waals surface area contributed by atoms with Crippen LogP contribution in [0.5, 0.6) is 11.5 Å². The Morgan fingerprint density at radius 2 is 1.70 bits per heavy atom. The number of piperidine rings is 1. The Morgan fingerprint density at radius 1 is 1.00 bits per heavy atom. The van der Waals surface area contributed by atoms with Gasteiger partial charge in [-0.05, 0) is 50.3 Å². The Kier molecular flexibility index (Phi) is 2.83. The van der Waals surface area contributed by atoms with Crippen LogP contribution in [0.3, 0.4) is 0 Å². The summed E-state index contributed by atoms with van der Waals surface area (Å²) in [7, 11) is 0. The van der Waals surface area contributed by atoms with Crippen LogP contribution in [0.4, 0.5) is 0 Å². The van der Waals surface area contributed by atoms with Crippen LogP contribution in [0.2, 0.25) is 0 Å². The summed E-state index contributed by atoms with van der Waals surface area (Å²) in [5, 5.41) is 0. The highest BCUT2D eigenvalue weighted by Gasteiger charge is 2.39. The second kappa shape index (κ2) is 4.69. The third-order valence-corrected chi connectivity index (χ3v) is 4.72. The van der Waals surface area contributed by atoms with E-state index in [1.165, 1.54) is 19.3 Å². The molecule has 2 saturated heterocycles. The number of benzene rings is 1. The van der Waals surface area contributed by atoms with Gasteiger partial charge in [0.1, 0.15) is 13.2 Å². The Hall–Kier alpha value is -1.71. The summed E-state index contributed by atoms with van der Waals surface area (Å²) in [4.78, 5) is 14.9. The van der Waals surface area contributed by atoms with Crippen molar-refractivity contribution in [3.05, 3.63) is 23.8 Å². The maximum atomic E-state index is 12.8. The minimum atomic E-state index is 0.161. The van der Waals surface area contributed by atoms with Crippen LogP contribution >= 0.6 is 0 Å². The van der Waals surface area contributed by atoms with Gasteiger partial charge in [0.25, 0.3) is 5.91 Å². The van der Waals surface area contributed by atoms with E-state index in [1.807, 2.05) is 18.2 Å². The Balaban J connectivity index is 1.62. The highest BCUT2D eigenvalue weighted by molar-refractivity contribution is 5.95. The molecular formula is C16H19NO3. The molecule has 4 heteroatoms. The van der Waals surface area contributed by atoms with Crippen molar-refractivity contribution in [1.82, 2.24) is 4.90 Å². The lowest BCUT2D eigenvalue weighted by atomic mass is 10.0. The minimum absolute atomic E-state index is 0.161. The molecule has 1 aromatic rings. The van der Waals surface area contributed by atoms with Crippen molar-refractivity contribution in [3.8, 4) is 11.5 Å². The van der Waals surface area contributed by atoms with Crippen LogP contribution in [0.25, 0.3) is 0 Å². The second-order valence-corrected chi connectivity index (χ2v) is 5.89. The van der Waals surface area contributed by atoms with E-state index in [2.05, 4.69) is 4.90 Å². The number of fused-ring (bicyclic) bond motifs is 3. The Labute approximate surface area is 118 Å². The first-order chi connectivity index (χ1) is 9.83. The Morgan fingerprint density at radius 3 is 2.45 bits per heavy atom. The normalized spacial score (nSPS) is 27.5. The first-order valence-corrected chi connectivity index (χ1v) is 7.55. The smallest absolute Gasteiger partial charge is 0.254 e. The average molecular weight is 273 g/mol. The molecule has 0 radical (unpaired) electrons. The van der Waals surface area contributed by atoms with Crippen LogP contribution < -0.4 is 9.47 Å². The van der Waals surface area contributed by atoms with Gasteiger partial charge in [-0.25, -0.2) is 0 Å². The Bertz CT molecular complexity index is 527. The lowest BCUT2D eigenvalue weighted by molar-refractivity contribution is 0.0594. The van der Waals surface area contributed by atoms with Crippen molar-refractivity contribution >= 4 is 5.91 Å². The van der Waals surface area contributed by atoms with E-state index in [4.69, 9.17) is 9.47 Å². The van der Waals surface area contributed by atoms with Gasteiger partial charge in [0, 0.05) is 17.6 Å². The molecule has 2 bridgehead atoms. The van der Waals surface area contributed by atoms with E-state index in [-0.39, 0.29) is 5.91 Å². The predicted molar refractivity (Wildman–Crippen MR) is 74.3 cm³/mol. The van der Waals surface area contributed by atoms with Crippen molar-refractivity contribution < 1.29 is 14.3 Å². The molecule has 2 fully saturated rings. The summed E-state index contributed by atoms with van der Waals surface area (Å²) in [6.45, 7) is 1.14. The maximum absolute atomic E-state index is 12.8. The molecule has 1 aromatic carbocycles. The quantitative estimate of drug-likeness (QED) is 0.789. The second-order valence-electron chi connectivity index (χ2n) is 5.89. The first kappa shape index (κ1) is 12.1. The van der Waals surface area contributed by atoms with Crippen molar-refractivity contribution in [1.29, 1.82) is 0 Å². The van der Waals surface area contributed by atoms with Crippen LogP contribution in [0, 0.1) is 0 Å². The monoisotopic (exact) mass is 273 g/mol. The fourth-order valence-corrected chi connectivity index (χ4v) is 3.77. The van der Waals surface area contributed by atoms with Gasteiger partial charge in [-0.15, -0.1) is 0 Å². The van der Waals surface area contributed by atoms with Crippen LogP contribution in [-0.4, -0.2) is 36.1 Å². The van der Waals surface area contributed by atoms with Gasteiger partial charge in [-0.2, -0.15) is 0 Å². The lowest BCUT2D eigenvalue weighted by Crippen LogP contribution is -2.44. The summed E-state index contributed by atoms with van der Waals surface area (Å²) in [6, 6.07) is 6.46. The number of carbonyl (C=O) groups excluding carboxylic acids is 1. The van der Waals surface area contributed by atoms with E-state index in [9.17, 15) is 4.79 Å². The number of ether oxygens (including phenoxy) is 2. The number of hydrogen-bond acceptors (Lipinski definition) is 3. The summed E-state index contributed by atoms with van der Waals surface area (Å²) in [5.41, 5.74) is 0.730. The van der Waals surface area contributed by atoms with Gasteiger partial charge < -0.3 is 14.4 Å². The molecule has 3 aliphatic heterocycles. The van der Waals surface area contributed by atoms with Crippen molar-refractivity contribution in [2.75, 3.05) is 13.2 Å². The van der Waals surface area contributed by atoms with Gasteiger partial charge in [-0.1, -0.05) is 0 Å².